The normalized spacial score (nSPS) is 9.48. The molecular formula is C23H24N2O4. The van der Waals surface area contributed by atoms with Gasteiger partial charge in [0.05, 0.1) is 14.2 Å². The minimum Gasteiger partial charge on any atom is -0.497 e. The Morgan fingerprint density at radius 2 is 1.38 bits per heavy atom. The van der Waals surface area contributed by atoms with Gasteiger partial charge < -0.3 is 20.1 Å². The van der Waals surface area contributed by atoms with E-state index in [0.29, 0.717) is 22.6 Å². The maximum atomic E-state index is 12.0. The van der Waals surface area contributed by atoms with Crippen molar-refractivity contribution in [1.29, 1.82) is 0 Å². The second-order valence-corrected chi connectivity index (χ2v) is 5.91. The highest BCUT2D eigenvalue weighted by atomic mass is 16.5. The number of rotatable bonds is 6. The summed E-state index contributed by atoms with van der Waals surface area (Å²) in [5, 5.41) is 5.78. The van der Waals surface area contributed by atoms with Gasteiger partial charge in [0.25, 0.3) is 5.91 Å². The summed E-state index contributed by atoms with van der Waals surface area (Å²) in [5.74, 6) is 1.33. The summed E-state index contributed by atoms with van der Waals surface area (Å²) in [4.78, 5) is 22.5. The highest BCUT2D eigenvalue weighted by Gasteiger charge is 2.06. The Labute approximate surface area is 170 Å². The van der Waals surface area contributed by atoms with E-state index in [4.69, 9.17) is 9.47 Å². The summed E-state index contributed by atoms with van der Waals surface area (Å²) in [5.41, 5.74) is 2.76. The van der Waals surface area contributed by atoms with Crippen molar-refractivity contribution < 1.29 is 19.1 Å². The molecule has 0 heterocycles. The molecule has 0 bridgehead atoms. The summed E-state index contributed by atoms with van der Waals surface area (Å²) < 4.78 is 10.1. The van der Waals surface area contributed by atoms with Crippen LogP contribution in [0.1, 0.15) is 20.7 Å². The lowest BCUT2D eigenvalue weighted by Crippen LogP contribution is -2.11. The van der Waals surface area contributed by atoms with Gasteiger partial charge in [0.1, 0.15) is 17.8 Å². The number of carbonyl (C=O) groups is 2. The number of aldehydes is 1. The molecule has 0 unspecified atom stereocenters. The van der Waals surface area contributed by atoms with Crippen LogP contribution in [0, 0.1) is 0 Å². The van der Waals surface area contributed by atoms with E-state index in [2.05, 4.69) is 10.6 Å². The van der Waals surface area contributed by atoms with Crippen LogP contribution in [0.25, 0.3) is 0 Å². The molecule has 0 radical (unpaired) electrons. The van der Waals surface area contributed by atoms with Crippen molar-refractivity contribution in [3.8, 4) is 11.5 Å². The van der Waals surface area contributed by atoms with Gasteiger partial charge in [-0.1, -0.05) is 24.3 Å². The molecule has 2 N–H and O–H groups in total. The van der Waals surface area contributed by atoms with Crippen LogP contribution in [-0.2, 0) is 0 Å². The minimum absolute atomic E-state index is 0.231. The smallest absolute Gasteiger partial charge is 0.255 e. The summed E-state index contributed by atoms with van der Waals surface area (Å²) in [6.07, 6.45) is 0.740. The quantitative estimate of drug-likeness (QED) is 0.604. The van der Waals surface area contributed by atoms with Crippen molar-refractivity contribution in [2.24, 2.45) is 0 Å². The molecule has 0 atom stereocenters. The molecule has 0 saturated carbocycles. The zero-order valence-corrected chi connectivity index (χ0v) is 16.6. The molecule has 29 heavy (non-hydrogen) atoms. The molecule has 0 fully saturated rings. The van der Waals surface area contributed by atoms with Crippen molar-refractivity contribution >= 4 is 23.6 Å². The first-order valence-electron chi connectivity index (χ1n) is 8.92. The second-order valence-electron chi connectivity index (χ2n) is 5.91. The fourth-order valence-electron chi connectivity index (χ4n) is 2.40. The molecular weight excluding hydrogens is 368 g/mol. The fraction of sp³-hybridized carbons (Fsp3) is 0.130. The topological polar surface area (TPSA) is 76.7 Å². The molecule has 0 aliphatic rings. The first-order chi connectivity index (χ1) is 14.1. The van der Waals surface area contributed by atoms with E-state index in [1.807, 2.05) is 31.3 Å². The van der Waals surface area contributed by atoms with Gasteiger partial charge in [0.2, 0.25) is 0 Å². The zero-order valence-electron chi connectivity index (χ0n) is 16.6. The number of ether oxygens (including phenoxy) is 2. The predicted molar refractivity (Wildman–Crippen MR) is 115 cm³/mol. The number of amides is 1. The highest BCUT2D eigenvalue weighted by Crippen LogP contribution is 2.18. The summed E-state index contributed by atoms with van der Waals surface area (Å²) in [6, 6.07) is 21.3. The molecule has 0 aliphatic carbocycles. The van der Waals surface area contributed by atoms with Crippen molar-refractivity contribution in [3.63, 3.8) is 0 Å². The highest BCUT2D eigenvalue weighted by molar-refractivity contribution is 6.04. The maximum Gasteiger partial charge on any atom is 0.255 e. The predicted octanol–water partition coefficient (Wildman–Crippen LogP) is 4.50. The van der Waals surface area contributed by atoms with Crippen molar-refractivity contribution in [1.82, 2.24) is 0 Å². The van der Waals surface area contributed by atoms with Gasteiger partial charge in [-0.15, -0.1) is 0 Å². The third-order valence-corrected chi connectivity index (χ3v) is 3.99. The maximum absolute atomic E-state index is 12.0. The van der Waals surface area contributed by atoms with Crippen molar-refractivity contribution in [3.05, 3.63) is 83.9 Å². The fourth-order valence-corrected chi connectivity index (χ4v) is 2.40. The van der Waals surface area contributed by atoms with Gasteiger partial charge >= 0.3 is 0 Å². The number of hydrogen-bond acceptors (Lipinski definition) is 5. The second kappa shape index (κ2) is 11.1. The molecule has 3 aromatic rings. The molecule has 1 amide bonds. The monoisotopic (exact) mass is 392 g/mol. The lowest BCUT2D eigenvalue weighted by molar-refractivity contribution is 0.102. The van der Waals surface area contributed by atoms with Crippen molar-refractivity contribution in [2.45, 2.75) is 0 Å². The lowest BCUT2D eigenvalue weighted by Gasteiger charge is -2.07. The Kier molecular flexibility index (Phi) is 8.26. The van der Waals surface area contributed by atoms with Gasteiger partial charge in [-0.25, -0.2) is 0 Å². The number of methoxy groups -OCH3 is 2. The van der Waals surface area contributed by atoms with E-state index in [1.54, 1.807) is 62.8 Å². The average molecular weight is 392 g/mol. The van der Waals surface area contributed by atoms with Gasteiger partial charge in [-0.05, 0) is 36.4 Å². The standard InChI is InChI=1S/C15H13NO3.C8H11NO/c1-19-14-4-2-3-13(9-14)16-15(18)12-7-5-11(10-17)6-8-12;1-9-7-4-3-5-8(6-7)10-2/h2-10H,1H3,(H,16,18);3-6,9H,1-2H3. The SMILES string of the molecule is CNc1cccc(OC)c1.COc1cccc(NC(=O)c2ccc(C=O)cc2)c1. The van der Waals surface area contributed by atoms with E-state index >= 15 is 0 Å². The molecule has 0 aliphatic heterocycles. The van der Waals surface area contributed by atoms with E-state index in [0.717, 1.165) is 17.7 Å². The summed E-state index contributed by atoms with van der Waals surface area (Å²) >= 11 is 0. The van der Waals surface area contributed by atoms with Crippen LogP contribution < -0.4 is 20.1 Å². The average Bonchev–Trinajstić information content (AvgIpc) is 2.79. The van der Waals surface area contributed by atoms with Gasteiger partial charge in [-0.2, -0.15) is 0 Å². The van der Waals surface area contributed by atoms with Crippen LogP contribution in [0.4, 0.5) is 11.4 Å². The Morgan fingerprint density at radius 1 is 0.828 bits per heavy atom. The van der Waals surface area contributed by atoms with E-state index < -0.39 is 0 Å². The molecule has 0 saturated heterocycles. The van der Waals surface area contributed by atoms with E-state index in [-0.39, 0.29) is 5.91 Å². The summed E-state index contributed by atoms with van der Waals surface area (Å²) in [6.45, 7) is 0. The lowest BCUT2D eigenvalue weighted by atomic mass is 10.1. The summed E-state index contributed by atoms with van der Waals surface area (Å²) in [7, 11) is 5.11. The van der Waals surface area contributed by atoms with Gasteiger partial charge in [0, 0.05) is 41.7 Å². The Morgan fingerprint density at radius 3 is 1.90 bits per heavy atom. The number of benzene rings is 3. The number of carbonyl (C=O) groups excluding carboxylic acids is 2. The van der Waals surface area contributed by atoms with Crippen LogP contribution in [0.3, 0.4) is 0 Å². The van der Waals surface area contributed by atoms with Crippen LogP contribution in [0.2, 0.25) is 0 Å². The van der Waals surface area contributed by atoms with E-state index in [1.165, 1.54) is 0 Å². The first-order valence-corrected chi connectivity index (χ1v) is 8.92. The van der Waals surface area contributed by atoms with Crippen LogP contribution >= 0.6 is 0 Å². The Hall–Kier alpha value is -3.80. The number of nitrogens with one attached hydrogen (secondary N) is 2. The molecule has 150 valence electrons. The van der Waals surface area contributed by atoms with Gasteiger partial charge in [0.15, 0.2) is 0 Å². The Bertz CT molecular complexity index is 920. The molecule has 3 aromatic carbocycles. The molecule has 3 rings (SSSR count). The molecule has 0 spiro atoms. The number of anilines is 2. The van der Waals surface area contributed by atoms with Crippen LogP contribution in [-0.4, -0.2) is 33.5 Å². The van der Waals surface area contributed by atoms with Gasteiger partial charge in [-0.3, -0.25) is 9.59 Å². The molecule has 6 nitrogen and oxygen atoms in total. The third kappa shape index (κ3) is 6.70. The molecule has 0 aromatic heterocycles. The minimum atomic E-state index is -0.231. The van der Waals surface area contributed by atoms with Crippen molar-refractivity contribution in [2.75, 3.05) is 31.9 Å². The molecule has 6 heteroatoms. The van der Waals surface area contributed by atoms with Crippen LogP contribution in [0.15, 0.2) is 72.8 Å². The number of hydrogen-bond donors (Lipinski definition) is 2. The third-order valence-electron chi connectivity index (χ3n) is 3.99. The largest absolute Gasteiger partial charge is 0.497 e. The first kappa shape index (κ1) is 21.5. The van der Waals surface area contributed by atoms with Crippen LogP contribution in [0.5, 0.6) is 11.5 Å². The van der Waals surface area contributed by atoms with E-state index in [9.17, 15) is 9.59 Å². The zero-order chi connectivity index (χ0) is 21.1. The Balaban J connectivity index is 0.000000253.